The molecule has 0 spiro atoms. The number of amides is 2. The summed E-state index contributed by atoms with van der Waals surface area (Å²) in [6, 6.07) is 6.76. The van der Waals surface area contributed by atoms with Crippen molar-refractivity contribution in [1.29, 1.82) is 0 Å². The lowest BCUT2D eigenvalue weighted by Gasteiger charge is -2.33. The van der Waals surface area contributed by atoms with Crippen molar-refractivity contribution in [2.45, 2.75) is 52.2 Å². The lowest BCUT2D eigenvalue weighted by atomic mass is 9.80. The smallest absolute Gasteiger partial charge is 0.338 e. The van der Waals surface area contributed by atoms with Crippen LogP contribution < -0.4 is 10.6 Å². The predicted octanol–water partition coefficient (Wildman–Crippen LogP) is 4.44. The van der Waals surface area contributed by atoms with Crippen LogP contribution in [-0.2, 0) is 9.53 Å². The van der Waals surface area contributed by atoms with Gasteiger partial charge in [-0.3, -0.25) is 0 Å². The van der Waals surface area contributed by atoms with Crippen LogP contribution in [0.4, 0.5) is 4.79 Å². The maximum atomic E-state index is 12.9. The second-order valence-electron chi connectivity index (χ2n) is 7.42. The normalized spacial score (nSPS) is 29.0. The summed E-state index contributed by atoms with van der Waals surface area (Å²) in [5.41, 5.74) is 1.86. The summed E-state index contributed by atoms with van der Waals surface area (Å²) in [7, 11) is 0. The number of hydrogen-bond acceptors (Lipinski definition) is 3. The van der Waals surface area contributed by atoms with Gasteiger partial charge in [-0.2, -0.15) is 0 Å². The van der Waals surface area contributed by atoms with Crippen molar-refractivity contribution in [1.82, 2.24) is 10.6 Å². The molecule has 1 heterocycles. The molecule has 1 aliphatic heterocycles. The maximum absolute atomic E-state index is 12.9. The molecule has 1 aromatic carbocycles. The highest BCUT2D eigenvalue weighted by atomic mass is 79.9. The highest BCUT2D eigenvalue weighted by molar-refractivity contribution is 9.10. The number of carbonyl (C=O) groups is 2. The second-order valence-corrected chi connectivity index (χ2v) is 8.33. The van der Waals surface area contributed by atoms with E-state index in [0.29, 0.717) is 23.1 Å². The van der Waals surface area contributed by atoms with Gasteiger partial charge in [0.25, 0.3) is 0 Å². The minimum atomic E-state index is -0.510. The van der Waals surface area contributed by atoms with E-state index >= 15 is 0 Å². The summed E-state index contributed by atoms with van der Waals surface area (Å²) in [5, 5.41) is 5.54. The lowest BCUT2D eigenvalue weighted by Crippen LogP contribution is -2.45. The average molecular weight is 421 g/mol. The number of benzene rings is 1. The molecule has 4 atom stereocenters. The topological polar surface area (TPSA) is 67.4 Å². The number of allylic oxidation sites excluding steroid dienone is 1. The fourth-order valence-corrected chi connectivity index (χ4v) is 3.95. The van der Waals surface area contributed by atoms with Gasteiger partial charge in [-0.05, 0) is 55.7 Å². The van der Waals surface area contributed by atoms with E-state index in [1.54, 1.807) is 6.92 Å². The molecule has 5 nitrogen and oxygen atoms in total. The van der Waals surface area contributed by atoms with Crippen molar-refractivity contribution in [3.8, 4) is 0 Å². The van der Waals surface area contributed by atoms with Gasteiger partial charge in [-0.25, -0.2) is 9.59 Å². The number of rotatable bonds is 3. The third-order valence-electron chi connectivity index (χ3n) is 5.52. The Kier molecular flexibility index (Phi) is 5.70. The molecule has 1 aromatic rings. The first-order valence-electron chi connectivity index (χ1n) is 9.10. The van der Waals surface area contributed by atoms with E-state index in [-0.39, 0.29) is 18.1 Å². The van der Waals surface area contributed by atoms with E-state index in [1.807, 2.05) is 24.3 Å². The molecule has 6 heteroatoms. The largest absolute Gasteiger partial charge is 0.459 e. The maximum Gasteiger partial charge on any atom is 0.338 e. The summed E-state index contributed by atoms with van der Waals surface area (Å²) >= 11 is 3.41. The van der Waals surface area contributed by atoms with E-state index in [4.69, 9.17) is 4.74 Å². The number of halogens is 1. The van der Waals surface area contributed by atoms with Crippen molar-refractivity contribution in [3.63, 3.8) is 0 Å². The Morgan fingerprint density at radius 2 is 1.85 bits per heavy atom. The molecular formula is C20H25BrN2O3. The molecule has 140 valence electrons. The predicted molar refractivity (Wildman–Crippen MR) is 103 cm³/mol. The van der Waals surface area contributed by atoms with Crippen LogP contribution in [0.15, 0.2) is 40.0 Å². The second kappa shape index (κ2) is 7.82. The third-order valence-corrected chi connectivity index (χ3v) is 6.04. The average Bonchev–Trinajstić information content (AvgIpc) is 2.58. The van der Waals surface area contributed by atoms with Crippen LogP contribution in [0, 0.1) is 11.8 Å². The van der Waals surface area contributed by atoms with Gasteiger partial charge in [0.05, 0.1) is 11.6 Å². The Morgan fingerprint density at radius 1 is 1.15 bits per heavy atom. The Hall–Kier alpha value is -1.82. The molecule has 1 aliphatic carbocycles. The molecule has 1 saturated carbocycles. The highest BCUT2D eigenvalue weighted by Gasteiger charge is 2.34. The quantitative estimate of drug-likeness (QED) is 0.709. The van der Waals surface area contributed by atoms with Crippen molar-refractivity contribution in [2.24, 2.45) is 11.8 Å². The molecule has 0 aromatic heterocycles. The van der Waals surface area contributed by atoms with E-state index in [0.717, 1.165) is 29.3 Å². The zero-order valence-electron chi connectivity index (χ0n) is 15.3. The number of esters is 1. The number of ether oxygens (including phenoxy) is 1. The zero-order chi connectivity index (χ0) is 18.8. The van der Waals surface area contributed by atoms with Crippen LogP contribution in [0.1, 0.15) is 51.6 Å². The first-order valence-corrected chi connectivity index (χ1v) is 9.89. The molecule has 2 N–H and O–H groups in total. The molecule has 0 radical (unpaired) electrons. The van der Waals surface area contributed by atoms with E-state index < -0.39 is 6.04 Å². The van der Waals surface area contributed by atoms with Crippen molar-refractivity contribution < 1.29 is 14.3 Å². The van der Waals surface area contributed by atoms with Gasteiger partial charge in [0.15, 0.2) is 0 Å². The molecule has 26 heavy (non-hydrogen) atoms. The summed E-state index contributed by atoms with van der Waals surface area (Å²) < 4.78 is 6.77. The van der Waals surface area contributed by atoms with Crippen LogP contribution in [0.3, 0.4) is 0 Å². The lowest BCUT2D eigenvalue weighted by molar-refractivity contribution is -0.147. The first-order chi connectivity index (χ1) is 12.3. The molecule has 2 amide bonds. The van der Waals surface area contributed by atoms with Crippen molar-refractivity contribution in [2.75, 3.05) is 0 Å². The van der Waals surface area contributed by atoms with Crippen molar-refractivity contribution >= 4 is 27.9 Å². The van der Waals surface area contributed by atoms with Gasteiger partial charge in [0, 0.05) is 10.2 Å². The Morgan fingerprint density at radius 3 is 2.50 bits per heavy atom. The standard InChI is InChI=1S/C20H25BrN2O3/c1-11-4-9-16(10-12(11)2)26-19(24)17-13(3)22-20(25)23-18(17)14-5-7-15(21)8-6-14/h5-8,11-12,16,18H,4,9-10H2,1-3H3,(H2,22,23,25)/t11-,12+,16+,18-/m0/s1. The number of hydrogen-bond donors (Lipinski definition) is 2. The summed E-state index contributed by atoms with van der Waals surface area (Å²) in [4.78, 5) is 24.9. The minimum Gasteiger partial charge on any atom is -0.459 e. The fraction of sp³-hybridized carbons (Fsp3) is 0.500. The Bertz CT molecular complexity index is 729. The van der Waals surface area contributed by atoms with Gasteiger partial charge < -0.3 is 15.4 Å². The molecule has 0 bridgehead atoms. The molecule has 2 aliphatic rings. The van der Waals surface area contributed by atoms with Crippen LogP contribution in [0.5, 0.6) is 0 Å². The third kappa shape index (κ3) is 4.11. The highest BCUT2D eigenvalue weighted by Crippen LogP contribution is 2.33. The summed E-state index contributed by atoms with van der Waals surface area (Å²) in [6.07, 6.45) is 2.80. The van der Waals surface area contributed by atoms with Crippen LogP contribution in [-0.4, -0.2) is 18.1 Å². The van der Waals surface area contributed by atoms with Gasteiger partial charge in [0.2, 0.25) is 0 Å². The van der Waals surface area contributed by atoms with Crippen LogP contribution in [0.25, 0.3) is 0 Å². The number of urea groups is 1. The monoisotopic (exact) mass is 420 g/mol. The molecule has 0 unspecified atom stereocenters. The summed E-state index contributed by atoms with van der Waals surface area (Å²) in [5.74, 6) is 0.856. The first kappa shape index (κ1) is 19.0. The molecule has 1 fully saturated rings. The van der Waals surface area contributed by atoms with E-state index in [2.05, 4.69) is 40.4 Å². The van der Waals surface area contributed by atoms with Gasteiger partial charge in [-0.15, -0.1) is 0 Å². The fourth-order valence-electron chi connectivity index (χ4n) is 3.69. The van der Waals surface area contributed by atoms with Gasteiger partial charge >= 0.3 is 12.0 Å². The minimum absolute atomic E-state index is 0.0582. The van der Waals surface area contributed by atoms with Gasteiger partial charge in [0.1, 0.15) is 6.10 Å². The zero-order valence-corrected chi connectivity index (χ0v) is 16.9. The molecule has 3 rings (SSSR count). The van der Waals surface area contributed by atoms with Gasteiger partial charge in [-0.1, -0.05) is 41.9 Å². The SMILES string of the molecule is CC1=C(C(=O)O[C@@H]2CC[C@H](C)[C@H](C)C2)[C@H](c2ccc(Br)cc2)NC(=O)N1. The Labute approximate surface area is 162 Å². The van der Waals surface area contributed by atoms with E-state index in [1.165, 1.54) is 0 Å². The molecular weight excluding hydrogens is 396 g/mol. The van der Waals surface area contributed by atoms with Crippen LogP contribution in [0.2, 0.25) is 0 Å². The number of nitrogens with one attached hydrogen (secondary N) is 2. The summed E-state index contributed by atoms with van der Waals surface area (Å²) in [6.45, 7) is 6.20. The molecule has 0 saturated heterocycles. The Balaban J connectivity index is 1.82. The van der Waals surface area contributed by atoms with Crippen molar-refractivity contribution in [3.05, 3.63) is 45.6 Å². The van der Waals surface area contributed by atoms with E-state index in [9.17, 15) is 9.59 Å². The van der Waals surface area contributed by atoms with Crippen LogP contribution >= 0.6 is 15.9 Å². The number of carbonyl (C=O) groups excluding carboxylic acids is 2.